The molecule has 0 saturated heterocycles. The summed E-state index contributed by atoms with van der Waals surface area (Å²) in [7, 11) is 1.39. The zero-order valence-corrected chi connectivity index (χ0v) is 17.9. The molecular weight excluding hydrogens is 422 g/mol. The lowest BCUT2D eigenvalue weighted by atomic mass is 10.2. The Bertz CT molecular complexity index is 1230. The summed E-state index contributed by atoms with van der Waals surface area (Å²) in [4.78, 5) is 21.8. The predicted octanol–water partition coefficient (Wildman–Crippen LogP) is 5.31. The van der Waals surface area contributed by atoms with E-state index in [1.54, 1.807) is 23.5 Å². The van der Waals surface area contributed by atoms with Gasteiger partial charge in [-0.05, 0) is 30.2 Å². The Morgan fingerprint density at radius 3 is 2.87 bits per heavy atom. The van der Waals surface area contributed by atoms with Gasteiger partial charge in [0.2, 0.25) is 0 Å². The molecule has 2 heterocycles. The molecule has 2 N–H and O–H groups in total. The van der Waals surface area contributed by atoms with Crippen LogP contribution in [0, 0.1) is 0 Å². The minimum atomic E-state index is -0.236. The van der Waals surface area contributed by atoms with E-state index in [-0.39, 0.29) is 11.7 Å². The van der Waals surface area contributed by atoms with E-state index in [0.717, 1.165) is 31.7 Å². The van der Waals surface area contributed by atoms with Crippen molar-refractivity contribution in [3.05, 3.63) is 58.9 Å². The molecule has 0 spiro atoms. The second-order valence-corrected chi connectivity index (χ2v) is 8.27. The van der Waals surface area contributed by atoms with Gasteiger partial charge in [0.1, 0.15) is 22.2 Å². The number of hydrogen-bond acceptors (Lipinski definition) is 7. The number of esters is 1. The Hall–Kier alpha value is -2.90. The Morgan fingerprint density at radius 1 is 1.23 bits per heavy atom. The highest BCUT2D eigenvalue weighted by atomic mass is 35.5. The van der Waals surface area contributed by atoms with Crippen molar-refractivity contribution in [1.29, 1.82) is 0 Å². The van der Waals surface area contributed by atoms with Crippen LogP contribution >= 0.6 is 22.9 Å². The molecule has 2 aromatic heterocycles. The first-order valence-corrected chi connectivity index (χ1v) is 10.7. The van der Waals surface area contributed by atoms with E-state index in [1.807, 2.05) is 18.2 Å². The molecule has 0 saturated carbocycles. The van der Waals surface area contributed by atoms with Crippen molar-refractivity contribution in [2.45, 2.75) is 25.8 Å². The molecule has 0 atom stereocenters. The van der Waals surface area contributed by atoms with E-state index in [2.05, 4.69) is 17.4 Å². The molecule has 30 heavy (non-hydrogen) atoms. The summed E-state index contributed by atoms with van der Waals surface area (Å²) in [6, 6.07) is 13.3. The Labute approximate surface area is 182 Å². The second kappa shape index (κ2) is 8.85. The number of fused-ring (bicyclic) bond motifs is 3. The van der Waals surface area contributed by atoms with Gasteiger partial charge in [0, 0.05) is 29.5 Å². The van der Waals surface area contributed by atoms with Crippen LogP contribution in [0.1, 0.15) is 24.2 Å². The first kappa shape index (κ1) is 20.4. The highest BCUT2D eigenvalue weighted by molar-refractivity contribution is 7.25. The minimum absolute atomic E-state index is 0.0570. The molecule has 0 radical (unpaired) electrons. The lowest BCUT2D eigenvalue weighted by Gasteiger charge is -2.10. The maximum atomic E-state index is 11.4. The first-order valence-electron chi connectivity index (χ1n) is 9.51. The number of ether oxygens (including phenoxy) is 1. The number of phenols is 1. The summed E-state index contributed by atoms with van der Waals surface area (Å²) >= 11 is 7.66. The van der Waals surface area contributed by atoms with Crippen LogP contribution in [0.25, 0.3) is 20.3 Å². The second-order valence-electron chi connectivity index (χ2n) is 6.84. The largest absolute Gasteiger partial charge is 0.506 e. The maximum Gasteiger partial charge on any atom is 0.305 e. The predicted molar refractivity (Wildman–Crippen MR) is 120 cm³/mol. The van der Waals surface area contributed by atoms with Gasteiger partial charge in [-0.2, -0.15) is 0 Å². The van der Waals surface area contributed by atoms with E-state index in [0.29, 0.717) is 36.7 Å². The third kappa shape index (κ3) is 4.32. The van der Waals surface area contributed by atoms with Crippen molar-refractivity contribution in [2.75, 3.05) is 12.4 Å². The molecule has 0 aliphatic heterocycles. The van der Waals surface area contributed by atoms with Crippen LogP contribution in [0.3, 0.4) is 0 Å². The fourth-order valence-corrected chi connectivity index (χ4v) is 4.54. The van der Waals surface area contributed by atoms with Crippen LogP contribution in [-0.2, 0) is 22.5 Å². The zero-order valence-electron chi connectivity index (χ0n) is 16.3. The molecule has 0 bridgehead atoms. The van der Waals surface area contributed by atoms with Gasteiger partial charge in [-0.25, -0.2) is 9.97 Å². The topological polar surface area (TPSA) is 84.3 Å². The lowest BCUT2D eigenvalue weighted by Crippen LogP contribution is -2.06. The molecule has 6 nitrogen and oxygen atoms in total. The van der Waals surface area contributed by atoms with Gasteiger partial charge in [-0.15, -0.1) is 11.3 Å². The third-order valence-electron chi connectivity index (χ3n) is 4.77. The summed E-state index contributed by atoms with van der Waals surface area (Å²) in [5.41, 5.74) is 0.927. The molecule has 0 amide bonds. The van der Waals surface area contributed by atoms with E-state index in [1.165, 1.54) is 7.11 Å². The SMILES string of the molecule is COC(=O)CCCc1nc(NCc2ccc(O)c(Cl)c2)c2c(n1)sc1ccccc12. The first-order chi connectivity index (χ1) is 14.5. The smallest absolute Gasteiger partial charge is 0.305 e. The summed E-state index contributed by atoms with van der Waals surface area (Å²) in [6.45, 7) is 0.498. The number of methoxy groups -OCH3 is 1. The standard InChI is InChI=1S/C22H20ClN3O3S/c1-29-19(28)8-4-7-18-25-21(24-12-13-9-10-16(27)15(23)11-13)20-14-5-2-3-6-17(14)30-22(20)26-18/h2-3,5-6,9-11,27H,4,7-8,12H2,1H3,(H,24,25,26). The van der Waals surface area contributed by atoms with Crippen molar-refractivity contribution < 1.29 is 14.6 Å². The van der Waals surface area contributed by atoms with Gasteiger partial charge in [0.15, 0.2) is 0 Å². The fourth-order valence-electron chi connectivity index (χ4n) is 3.25. The number of aromatic hydroxyl groups is 1. The molecule has 4 rings (SSSR count). The van der Waals surface area contributed by atoms with E-state index in [9.17, 15) is 9.90 Å². The van der Waals surface area contributed by atoms with Gasteiger partial charge in [-0.3, -0.25) is 4.79 Å². The quantitative estimate of drug-likeness (QED) is 0.378. The van der Waals surface area contributed by atoms with Crippen LogP contribution in [0.15, 0.2) is 42.5 Å². The average molecular weight is 442 g/mol. The maximum absolute atomic E-state index is 11.4. The van der Waals surface area contributed by atoms with Crippen molar-refractivity contribution in [1.82, 2.24) is 9.97 Å². The molecule has 8 heteroatoms. The molecule has 0 fully saturated rings. The number of aryl methyl sites for hydroxylation is 1. The number of rotatable bonds is 7. The number of halogens is 1. The van der Waals surface area contributed by atoms with Gasteiger partial charge in [0.05, 0.1) is 17.5 Å². The number of nitrogens with zero attached hydrogens (tertiary/aromatic N) is 2. The van der Waals surface area contributed by atoms with Crippen molar-refractivity contribution in [2.24, 2.45) is 0 Å². The van der Waals surface area contributed by atoms with Crippen LogP contribution < -0.4 is 5.32 Å². The number of anilines is 1. The van der Waals surface area contributed by atoms with Gasteiger partial charge in [0.25, 0.3) is 0 Å². The van der Waals surface area contributed by atoms with E-state index in [4.69, 9.17) is 26.3 Å². The molecule has 0 aliphatic carbocycles. The number of thiophene rings is 1. The monoisotopic (exact) mass is 441 g/mol. The minimum Gasteiger partial charge on any atom is -0.506 e. The normalized spacial score (nSPS) is 11.1. The molecule has 0 unspecified atom stereocenters. The molecule has 154 valence electrons. The zero-order chi connectivity index (χ0) is 21.1. The van der Waals surface area contributed by atoms with Crippen LogP contribution in [0.5, 0.6) is 5.75 Å². The summed E-state index contributed by atoms with van der Waals surface area (Å²) in [6.07, 6.45) is 1.54. The summed E-state index contributed by atoms with van der Waals surface area (Å²) in [5.74, 6) is 1.25. The highest BCUT2D eigenvalue weighted by Gasteiger charge is 2.15. The van der Waals surface area contributed by atoms with Crippen LogP contribution in [0.2, 0.25) is 5.02 Å². The Morgan fingerprint density at radius 2 is 2.07 bits per heavy atom. The highest BCUT2D eigenvalue weighted by Crippen LogP contribution is 2.36. The van der Waals surface area contributed by atoms with Gasteiger partial charge >= 0.3 is 5.97 Å². The Balaban J connectivity index is 1.67. The van der Waals surface area contributed by atoms with Crippen molar-refractivity contribution >= 4 is 55.0 Å². The number of hydrogen-bond donors (Lipinski definition) is 2. The van der Waals surface area contributed by atoms with Crippen molar-refractivity contribution in [3.8, 4) is 5.75 Å². The lowest BCUT2D eigenvalue weighted by molar-refractivity contribution is -0.140. The fraction of sp³-hybridized carbons (Fsp3) is 0.227. The van der Waals surface area contributed by atoms with Crippen LogP contribution in [0.4, 0.5) is 5.82 Å². The molecule has 4 aromatic rings. The van der Waals surface area contributed by atoms with E-state index >= 15 is 0 Å². The molecular formula is C22H20ClN3O3S. The van der Waals surface area contributed by atoms with Gasteiger partial charge in [-0.1, -0.05) is 35.9 Å². The summed E-state index contributed by atoms with van der Waals surface area (Å²) < 4.78 is 5.85. The summed E-state index contributed by atoms with van der Waals surface area (Å²) in [5, 5.41) is 15.4. The number of phenolic OH excluding ortho intramolecular Hbond substituents is 1. The number of aromatic nitrogens is 2. The van der Waals surface area contributed by atoms with Crippen LogP contribution in [-0.4, -0.2) is 28.2 Å². The number of nitrogens with one attached hydrogen (secondary N) is 1. The number of carbonyl (C=O) groups is 1. The average Bonchev–Trinajstić information content (AvgIpc) is 3.12. The van der Waals surface area contributed by atoms with Crippen molar-refractivity contribution in [3.63, 3.8) is 0 Å². The Kier molecular flexibility index (Phi) is 6.01. The van der Waals surface area contributed by atoms with E-state index < -0.39 is 0 Å². The molecule has 0 aliphatic rings. The van der Waals surface area contributed by atoms with Gasteiger partial charge < -0.3 is 15.2 Å². The molecule has 2 aromatic carbocycles. The number of carbonyl (C=O) groups excluding carboxylic acids is 1. The third-order valence-corrected chi connectivity index (χ3v) is 6.13. The number of benzene rings is 2.